The maximum atomic E-state index is 3.90. The summed E-state index contributed by atoms with van der Waals surface area (Å²) in [7, 11) is 0. The van der Waals surface area contributed by atoms with Crippen molar-refractivity contribution in [2.24, 2.45) is 0 Å². The second-order valence-corrected chi connectivity index (χ2v) is 6.69. The molecule has 0 heterocycles. The smallest absolute Gasteiger partial charge is 0.0237 e. The summed E-state index contributed by atoms with van der Waals surface area (Å²) < 4.78 is 0. The number of hydrogen-bond donors (Lipinski definition) is 0. The Morgan fingerprint density at radius 2 is 1.39 bits per heavy atom. The number of nitrogens with zero attached hydrogens (tertiary/aromatic N) is 1. The summed E-state index contributed by atoms with van der Waals surface area (Å²) in [5.41, 5.74) is 1.40. The van der Waals surface area contributed by atoms with Crippen molar-refractivity contribution in [1.29, 1.82) is 0 Å². The summed E-state index contributed by atoms with van der Waals surface area (Å²) >= 11 is 0. The van der Waals surface area contributed by atoms with Crippen molar-refractivity contribution < 1.29 is 0 Å². The molecule has 0 aliphatic carbocycles. The molecule has 0 saturated carbocycles. The van der Waals surface area contributed by atoms with Gasteiger partial charge in [-0.05, 0) is 18.5 Å². The van der Waals surface area contributed by atoms with E-state index in [1.54, 1.807) is 0 Å². The van der Waals surface area contributed by atoms with Crippen LogP contribution in [0, 0.1) is 0 Å². The van der Waals surface area contributed by atoms with Crippen LogP contribution in [0.3, 0.4) is 0 Å². The third kappa shape index (κ3) is 11.1. The van der Waals surface area contributed by atoms with E-state index in [1.807, 2.05) is 6.08 Å². The molecule has 130 valence electrons. The van der Waals surface area contributed by atoms with Crippen LogP contribution in [0.15, 0.2) is 43.0 Å². The molecule has 0 unspecified atom stereocenters. The van der Waals surface area contributed by atoms with Gasteiger partial charge in [0.2, 0.25) is 0 Å². The van der Waals surface area contributed by atoms with Gasteiger partial charge in [0.1, 0.15) is 0 Å². The van der Waals surface area contributed by atoms with Gasteiger partial charge >= 0.3 is 0 Å². The van der Waals surface area contributed by atoms with Gasteiger partial charge in [-0.3, -0.25) is 4.90 Å². The summed E-state index contributed by atoms with van der Waals surface area (Å²) in [5.74, 6) is 0. The monoisotopic (exact) mass is 315 g/mol. The first-order valence-electron chi connectivity index (χ1n) is 9.74. The van der Waals surface area contributed by atoms with Gasteiger partial charge in [0, 0.05) is 13.1 Å². The molecule has 0 bridgehead atoms. The van der Waals surface area contributed by atoms with Gasteiger partial charge in [0.15, 0.2) is 0 Å². The average molecular weight is 316 g/mol. The first kappa shape index (κ1) is 20.0. The van der Waals surface area contributed by atoms with Crippen molar-refractivity contribution in [2.75, 3.05) is 13.1 Å². The molecular formula is C22H37N. The van der Waals surface area contributed by atoms with Crippen molar-refractivity contribution in [3.05, 3.63) is 48.6 Å². The van der Waals surface area contributed by atoms with E-state index in [1.165, 1.54) is 76.3 Å². The quantitative estimate of drug-likeness (QED) is 0.260. The van der Waals surface area contributed by atoms with Gasteiger partial charge in [0.05, 0.1) is 0 Å². The van der Waals surface area contributed by atoms with Crippen LogP contribution in [-0.2, 0) is 6.54 Å². The lowest BCUT2D eigenvalue weighted by Crippen LogP contribution is -2.24. The van der Waals surface area contributed by atoms with Gasteiger partial charge < -0.3 is 0 Å². The highest BCUT2D eigenvalue weighted by atomic mass is 15.1. The van der Waals surface area contributed by atoms with Crippen molar-refractivity contribution in [1.82, 2.24) is 4.90 Å². The number of unbranched alkanes of at least 4 members (excludes halogenated alkanes) is 9. The Labute approximate surface area is 144 Å². The normalized spacial score (nSPS) is 11.0. The van der Waals surface area contributed by atoms with Crippen LogP contribution in [0.25, 0.3) is 0 Å². The van der Waals surface area contributed by atoms with E-state index in [9.17, 15) is 0 Å². The minimum absolute atomic E-state index is 0.992. The molecule has 1 aromatic rings. The maximum absolute atomic E-state index is 3.90. The zero-order valence-electron chi connectivity index (χ0n) is 15.3. The Kier molecular flexibility index (Phi) is 12.6. The van der Waals surface area contributed by atoms with Gasteiger partial charge in [0.25, 0.3) is 0 Å². The molecule has 1 nitrogen and oxygen atoms in total. The molecule has 1 aromatic carbocycles. The molecule has 0 N–H and O–H groups in total. The lowest BCUT2D eigenvalue weighted by atomic mass is 10.1. The van der Waals surface area contributed by atoms with Crippen molar-refractivity contribution in [2.45, 2.75) is 77.7 Å². The fourth-order valence-electron chi connectivity index (χ4n) is 3.08. The molecule has 0 aliphatic rings. The van der Waals surface area contributed by atoms with Crippen LogP contribution in [0.4, 0.5) is 0 Å². The van der Waals surface area contributed by atoms with Crippen LogP contribution in [-0.4, -0.2) is 18.0 Å². The predicted molar refractivity (Wildman–Crippen MR) is 104 cm³/mol. The first-order valence-corrected chi connectivity index (χ1v) is 9.74. The predicted octanol–water partition coefficient (Wildman–Crippen LogP) is 6.60. The van der Waals surface area contributed by atoms with E-state index in [4.69, 9.17) is 0 Å². The Morgan fingerprint density at radius 1 is 0.826 bits per heavy atom. The van der Waals surface area contributed by atoms with Crippen LogP contribution in [0.5, 0.6) is 0 Å². The second-order valence-electron chi connectivity index (χ2n) is 6.69. The van der Waals surface area contributed by atoms with Crippen LogP contribution >= 0.6 is 0 Å². The molecule has 23 heavy (non-hydrogen) atoms. The lowest BCUT2D eigenvalue weighted by molar-refractivity contribution is 0.286. The highest BCUT2D eigenvalue weighted by Gasteiger charge is 2.03. The SMILES string of the molecule is C=CCN(CCCCCCCCCCCC)Cc1ccccc1. The fourth-order valence-corrected chi connectivity index (χ4v) is 3.08. The minimum Gasteiger partial charge on any atom is -0.295 e. The maximum Gasteiger partial charge on any atom is 0.0237 e. The molecule has 0 saturated heterocycles. The van der Waals surface area contributed by atoms with E-state index < -0.39 is 0 Å². The topological polar surface area (TPSA) is 3.24 Å². The van der Waals surface area contributed by atoms with Crippen molar-refractivity contribution >= 4 is 0 Å². The van der Waals surface area contributed by atoms with Crippen LogP contribution in [0.1, 0.15) is 76.7 Å². The Balaban J connectivity index is 2.03. The van der Waals surface area contributed by atoms with Gasteiger partial charge in [-0.25, -0.2) is 0 Å². The summed E-state index contributed by atoms with van der Waals surface area (Å²) in [6.07, 6.45) is 16.1. The van der Waals surface area contributed by atoms with E-state index in [-0.39, 0.29) is 0 Å². The summed E-state index contributed by atoms with van der Waals surface area (Å²) in [6, 6.07) is 10.8. The molecule has 0 aliphatic heterocycles. The summed E-state index contributed by atoms with van der Waals surface area (Å²) in [6.45, 7) is 9.42. The van der Waals surface area contributed by atoms with Gasteiger partial charge in [-0.1, -0.05) is 101 Å². The van der Waals surface area contributed by atoms with E-state index in [0.29, 0.717) is 0 Å². The Morgan fingerprint density at radius 3 is 1.96 bits per heavy atom. The Bertz CT molecular complexity index is 371. The number of benzene rings is 1. The fraction of sp³-hybridized carbons (Fsp3) is 0.636. The Hall–Kier alpha value is -1.08. The van der Waals surface area contributed by atoms with E-state index in [2.05, 4.69) is 48.7 Å². The first-order chi connectivity index (χ1) is 11.4. The van der Waals surface area contributed by atoms with Gasteiger partial charge in [-0.15, -0.1) is 6.58 Å². The van der Waals surface area contributed by atoms with Crippen LogP contribution < -0.4 is 0 Å². The second kappa shape index (κ2) is 14.5. The summed E-state index contributed by atoms with van der Waals surface area (Å²) in [4.78, 5) is 2.51. The largest absolute Gasteiger partial charge is 0.295 e. The van der Waals surface area contributed by atoms with Crippen molar-refractivity contribution in [3.8, 4) is 0 Å². The molecule has 0 spiro atoms. The molecule has 1 rings (SSSR count). The minimum atomic E-state index is 0.992. The summed E-state index contributed by atoms with van der Waals surface area (Å²) in [5, 5.41) is 0. The van der Waals surface area contributed by atoms with Gasteiger partial charge in [-0.2, -0.15) is 0 Å². The zero-order chi connectivity index (χ0) is 16.6. The van der Waals surface area contributed by atoms with E-state index >= 15 is 0 Å². The number of rotatable bonds is 15. The molecule has 0 aromatic heterocycles. The van der Waals surface area contributed by atoms with Crippen molar-refractivity contribution in [3.63, 3.8) is 0 Å². The molecular weight excluding hydrogens is 278 g/mol. The zero-order valence-corrected chi connectivity index (χ0v) is 15.3. The number of hydrogen-bond acceptors (Lipinski definition) is 1. The standard InChI is InChI=1S/C22H37N/c1-3-5-6-7-8-9-10-11-12-16-20-23(19-4-2)21-22-17-14-13-15-18-22/h4,13-15,17-18H,2-3,5-12,16,19-21H2,1H3. The molecule has 0 amide bonds. The third-order valence-corrected chi connectivity index (χ3v) is 4.46. The lowest BCUT2D eigenvalue weighted by Gasteiger charge is -2.20. The molecule has 0 fully saturated rings. The molecule has 0 radical (unpaired) electrons. The van der Waals surface area contributed by atoms with Crippen LogP contribution in [0.2, 0.25) is 0 Å². The average Bonchev–Trinajstić information content (AvgIpc) is 2.57. The highest BCUT2D eigenvalue weighted by molar-refractivity contribution is 5.14. The van der Waals surface area contributed by atoms with E-state index in [0.717, 1.165) is 13.1 Å². The molecule has 1 heteroatoms. The molecule has 0 atom stereocenters. The highest BCUT2D eigenvalue weighted by Crippen LogP contribution is 2.11. The third-order valence-electron chi connectivity index (χ3n) is 4.46.